The smallest absolute Gasteiger partial charge is 0.345 e. The minimum absolute atomic E-state index is 0.210. The Morgan fingerprint density at radius 2 is 1.86 bits per heavy atom. The quantitative estimate of drug-likeness (QED) is 0.888. The van der Waals surface area contributed by atoms with Crippen LogP contribution in [0.5, 0.6) is 11.5 Å². The first-order valence-electron chi connectivity index (χ1n) is 6.37. The Bertz CT molecular complexity index is 610. The summed E-state index contributed by atoms with van der Waals surface area (Å²) in [5, 5.41) is 9.89. The van der Waals surface area contributed by atoms with Gasteiger partial charge in [0.2, 0.25) is 0 Å². The van der Waals surface area contributed by atoms with Crippen molar-refractivity contribution in [3.63, 3.8) is 0 Å². The van der Waals surface area contributed by atoms with Crippen molar-refractivity contribution in [3.8, 4) is 11.5 Å². The van der Waals surface area contributed by atoms with Crippen molar-refractivity contribution in [2.24, 2.45) is 0 Å². The van der Waals surface area contributed by atoms with Crippen molar-refractivity contribution in [2.75, 3.05) is 7.11 Å². The molecule has 0 aliphatic carbocycles. The predicted octanol–water partition coefficient (Wildman–Crippen LogP) is 3.42. The second-order valence-electron chi connectivity index (χ2n) is 4.41. The minimum atomic E-state index is -1.03. The van der Waals surface area contributed by atoms with Gasteiger partial charge in [-0.1, -0.05) is 29.8 Å². The Morgan fingerprint density at radius 3 is 2.48 bits per heavy atom. The molecule has 0 unspecified atom stereocenters. The molecule has 1 N–H and O–H groups in total. The molecule has 0 aliphatic heterocycles. The number of benzene rings is 2. The molecule has 0 amide bonds. The summed E-state index contributed by atoms with van der Waals surface area (Å²) in [4.78, 5) is 11.4. The molecule has 0 fully saturated rings. The van der Waals surface area contributed by atoms with Crippen LogP contribution in [0.25, 0.3) is 0 Å². The Morgan fingerprint density at radius 1 is 1.19 bits per heavy atom. The van der Waals surface area contributed by atoms with Gasteiger partial charge in [0.15, 0.2) is 6.10 Å². The molecule has 0 bridgehead atoms. The molecule has 5 heteroatoms. The third-order valence-electron chi connectivity index (χ3n) is 2.97. The second-order valence-corrected chi connectivity index (χ2v) is 4.85. The lowest BCUT2D eigenvalue weighted by Gasteiger charge is -2.16. The third kappa shape index (κ3) is 4.13. The summed E-state index contributed by atoms with van der Waals surface area (Å²) in [5.41, 5.74) is 0.779. The van der Waals surface area contributed by atoms with E-state index in [9.17, 15) is 9.90 Å². The van der Waals surface area contributed by atoms with Gasteiger partial charge in [0.05, 0.1) is 7.11 Å². The van der Waals surface area contributed by atoms with Gasteiger partial charge < -0.3 is 14.6 Å². The summed E-state index contributed by atoms with van der Waals surface area (Å²) < 4.78 is 10.7. The zero-order chi connectivity index (χ0) is 15.2. The molecule has 2 aromatic carbocycles. The van der Waals surface area contributed by atoms with E-state index in [1.165, 1.54) is 0 Å². The van der Waals surface area contributed by atoms with Gasteiger partial charge in [-0.05, 0) is 35.9 Å². The predicted molar refractivity (Wildman–Crippen MR) is 80.2 cm³/mol. The fourth-order valence-electron chi connectivity index (χ4n) is 1.93. The molecule has 0 spiro atoms. The first-order chi connectivity index (χ1) is 10.1. The number of ether oxygens (including phenoxy) is 2. The van der Waals surface area contributed by atoms with Crippen LogP contribution in [0.4, 0.5) is 0 Å². The highest BCUT2D eigenvalue weighted by Gasteiger charge is 2.21. The number of hydrogen-bond acceptors (Lipinski definition) is 3. The average Bonchev–Trinajstić information content (AvgIpc) is 2.49. The van der Waals surface area contributed by atoms with Crippen molar-refractivity contribution in [3.05, 3.63) is 59.1 Å². The zero-order valence-electron chi connectivity index (χ0n) is 11.5. The van der Waals surface area contributed by atoms with Crippen LogP contribution < -0.4 is 9.47 Å². The number of carbonyl (C=O) groups is 1. The van der Waals surface area contributed by atoms with E-state index in [1.807, 2.05) is 18.2 Å². The van der Waals surface area contributed by atoms with Gasteiger partial charge in [-0.25, -0.2) is 4.79 Å². The standard InChI is InChI=1S/C16H15ClO4/c1-20-14-5-3-2-4-11(14)10-15(16(18)19)21-13-8-6-12(17)7-9-13/h2-9,15H,10H2,1H3,(H,18,19)/t15-/m1/s1. The van der Waals surface area contributed by atoms with E-state index < -0.39 is 12.1 Å². The fourth-order valence-corrected chi connectivity index (χ4v) is 2.05. The molecule has 2 rings (SSSR count). The summed E-state index contributed by atoms with van der Waals surface area (Å²) in [6.07, 6.45) is -0.787. The minimum Gasteiger partial charge on any atom is -0.496 e. The summed E-state index contributed by atoms with van der Waals surface area (Å²) in [5.74, 6) is 0.0704. The van der Waals surface area contributed by atoms with Gasteiger partial charge in [0, 0.05) is 11.4 Å². The number of hydrogen-bond donors (Lipinski definition) is 1. The van der Waals surface area contributed by atoms with Crippen LogP contribution in [-0.2, 0) is 11.2 Å². The molecule has 0 saturated heterocycles. The van der Waals surface area contributed by atoms with Gasteiger partial charge in [-0.3, -0.25) is 0 Å². The number of carboxylic acids is 1. The Kier molecular flexibility index (Phi) is 5.06. The van der Waals surface area contributed by atoms with E-state index in [1.54, 1.807) is 37.4 Å². The monoisotopic (exact) mass is 306 g/mol. The molecule has 0 heterocycles. The van der Waals surface area contributed by atoms with Crippen LogP contribution in [0.1, 0.15) is 5.56 Å². The van der Waals surface area contributed by atoms with E-state index in [2.05, 4.69) is 0 Å². The third-order valence-corrected chi connectivity index (χ3v) is 3.22. The molecule has 4 nitrogen and oxygen atoms in total. The molecular weight excluding hydrogens is 292 g/mol. The molecule has 110 valence electrons. The highest BCUT2D eigenvalue weighted by molar-refractivity contribution is 6.30. The zero-order valence-corrected chi connectivity index (χ0v) is 12.2. The van der Waals surface area contributed by atoms with Crippen LogP contribution in [0, 0.1) is 0 Å². The molecule has 21 heavy (non-hydrogen) atoms. The lowest BCUT2D eigenvalue weighted by atomic mass is 10.1. The van der Waals surface area contributed by atoms with Gasteiger partial charge in [-0.2, -0.15) is 0 Å². The van der Waals surface area contributed by atoms with E-state index >= 15 is 0 Å². The first kappa shape index (κ1) is 15.2. The van der Waals surface area contributed by atoms with Crippen LogP contribution in [-0.4, -0.2) is 24.3 Å². The van der Waals surface area contributed by atoms with Crippen molar-refractivity contribution < 1.29 is 19.4 Å². The Balaban J connectivity index is 2.16. The number of halogens is 1. The van der Waals surface area contributed by atoms with E-state index in [0.29, 0.717) is 16.5 Å². The van der Waals surface area contributed by atoms with Crippen LogP contribution in [0.2, 0.25) is 5.02 Å². The maximum absolute atomic E-state index is 11.4. The van der Waals surface area contributed by atoms with Crippen LogP contribution in [0.15, 0.2) is 48.5 Å². The lowest BCUT2D eigenvalue weighted by Crippen LogP contribution is -2.29. The Labute approximate surface area is 127 Å². The SMILES string of the molecule is COc1ccccc1C[C@@H](Oc1ccc(Cl)cc1)C(=O)O. The van der Waals surface area contributed by atoms with E-state index in [-0.39, 0.29) is 6.42 Å². The summed E-state index contributed by atoms with van der Waals surface area (Å²) in [6, 6.07) is 13.9. The molecule has 0 saturated carbocycles. The number of aliphatic carboxylic acids is 1. The van der Waals surface area contributed by atoms with E-state index in [4.69, 9.17) is 21.1 Å². The molecule has 2 aromatic rings. The van der Waals surface area contributed by atoms with Gasteiger partial charge in [0.25, 0.3) is 0 Å². The highest BCUT2D eigenvalue weighted by atomic mass is 35.5. The van der Waals surface area contributed by atoms with Crippen molar-refractivity contribution in [1.29, 1.82) is 0 Å². The number of para-hydroxylation sites is 1. The van der Waals surface area contributed by atoms with Crippen LogP contribution in [0.3, 0.4) is 0 Å². The number of methoxy groups -OCH3 is 1. The van der Waals surface area contributed by atoms with Crippen molar-refractivity contribution in [2.45, 2.75) is 12.5 Å². The molecule has 0 radical (unpaired) electrons. The molecular formula is C16H15ClO4. The molecule has 0 aromatic heterocycles. The summed E-state index contributed by atoms with van der Waals surface area (Å²) in [7, 11) is 1.55. The Hall–Kier alpha value is -2.20. The lowest BCUT2D eigenvalue weighted by molar-refractivity contribution is -0.145. The highest BCUT2D eigenvalue weighted by Crippen LogP contribution is 2.22. The van der Waals surface area contributed by atoms with Gasteiger partial charge in [-0.15, -0.1) is 0 Å². The van der Waals surface area contributed by atoms with Crippen molar-refractivity contribution in [1.82, 2.24) is 0 Å². The largest absolute Gasteiger partial charge is 0.496 e. The summed E-state index contributed by atoms with van der Waals surface area (Å²) in [6.45, 7) is 0. The van der Waals surface area contributed by atoms with E-state index in [0.717, 1.165) is 5.56 Å². The number of carboxylic acid groups (broad SMARTS) is 1. The second kappa shape index (κ2) is 6.99. The maximum atomic E-state index is 11.4. The molecule has 0 aliphatic rings. The number of rotatable bonds is 6. The van der Waals surface area contributed by atoms with Gasteiger partial charge >= 0.3 is 5.97 Å². The topological polar surface area (TPSA) is 55.8 Å². The fraction of sp³-hybridized carbons (Fsp3) is 0.188. The maximum Gasteiger partial charge on any atom is 0.345 e. The normalized spacial score (nSPS) is 11.7. The first-order valence-corrected chi connectivity index (χ1v) is 6.75. The van der Waals surface area contributed by atoms with Gasteiger partial charge in [0.1, 0.15) is 11.5 Å². The van der Waals surface area contributed by atoms with Crippen molar-refractivity contribution >= 4 is 17.6 Å². The molecule has 1 atom stereocenters. The average molecular weight is 307 g/mol. The summed E-state index contributed by atoms with van der Waals surface area (Å²) >= 11 is 5.79. The van der Waals surface area contributed by atoms with Crippen LogP contribution >= 0.6 is 11.6 Å².